The highest BCUT2D eigenvalue weighted by Gasteiger charge is 2.34. The van der Waals surface area contributed by atoms with E-state index in [1.54, 1.807) is 20.4 Å². The van der Waals surface area contributed by atoms with Crippen molar-refractivity contribution in [3.63, 3.8) is 0 Å². The van der Waals surface area contributed by atoms with Gasteiger partial charge in [-0.15, -0.1) is 0 Å². The summed E-state index contributed by atoms with van der Waals surface area (Å²) in [4.78, 5) is 44.0. The Labute approximate surface area is 224 Å². The zero-order valence-corrected chi connectivity index (χ0v) is 22.4. The smallest absolute Gasteiger partial charge is 0.410 e. The summed E-state index contributed by atoms with van der Waals surface area (Å²) in [5.74, 6) is 0.738. The first-order chi connectivity index (χ1) is 18.7. The van der Waals surface area contributed by atoms with E-state index in [4.69, 9.17) is 19.4 Å². The number of hydrogen-bond acceptors (Lipinski definition) is 8. The van der Waals surface area contributed by atoms with Crippen molar-refractivity contribution in [3.05, 3.63) is 34.0 Å². The number of aromatic nitrogens is 6. The van der Waals surface area contributed by atoms with Crippen molar-refractivity contribution in [2.24, 2.45) is 5.92 Å². The minimum absolute atomic E-state index is 0.0568. The fourth-order valence-corrected chi connectivity index (χ4v) is 5.28. The normalized spacial score (nSPS) is 18.6. The molecule has 2 N–H and O–H groups in total. The van der Waals surface area contributed by atoms with Crippen LogP contribution < -0.4 is 11.0 Å². The van der Waals surface area contributed by atoms with Gasteiger partial charge in [-0.3, -0.25) is 9.13 Å². The fraction of sp³-hybridized carbons (Fsp3) is 0.577. The monoisotopic (exact) mass is 540 g/mol. The number of aryl methyl sites for hydroxylation is 1. The first-order valence-electron chi connectivity index (χ1n) is 13.4. The molecule has 208 valence electrons. The lowest BCUT2D eigenvalue weighted by atomic mass is 10.0. The zero-order chi connectivity index (χ0) is 27.3. The summed E-state index contributed by atoms with van der Waals surface area (Å²) in [6.45, 7) is 8.32. The van der Waals surface area contributed by atoms with Crippen LogP contribution in [0, 0.1) is 5.92 Å². The molecule has 3 aromatic heterocycles. The third-order valence-electron chi connectivity index (χ3n) is 7.27. The number of halogens is 1. The number of rotatable bonds is 5. The van der Waals surface area contributed by atoms with Crippen LogP contribution >= 0.6 is 0 Å². The molecule has 2 saturated heterocycles. The van der Waals surface area contributed by atoms with Crippen LogP contribution in [-0.2, 0) is 15.9 Å². The number of allylic oxidation sites excluding steroid dienone is 1. The van der Waals surface area contributed by atoms with E-state index in [1.165, 1.54) is 6.08 Å². The van der Waals surface area contributed by atoms with E-state index >= 15 is 0 Å². The quantitative estimate of drug-likeness (QED) is 0.504. The fourth-order valence-electron chi connectivity index (χ4n) is 5.28. The molecule has 13 heteroatoms. The van der Waals surface area contributed by atoms with Crippen LogP contribution in [0.15, 0.2) is 16.9 Å². The first-order valence-corrected chi connectivity index (χ1v) is 13.4. The number of aromatic amines is 1. The van der Waals surface area contributed by atoms with Gasteiger partial charge in [0.25, 0.3) is 0 Å². The molecule has 3 aliphatic rings. The molecule has 0 saturated carbocycles. The van der Waals surface area contributed by atoms with Gasteiger partial charge >= 0.3 is 11.8 Å². The van der Waals surface area contributed by atoms with Crippen LogP contribution in [0.1, 0.15) is 57.5 Å². The molecule has 2 fully saturated rings. The topological polar surface area (TPSA) is 132 Å². The maximum Gasteiger partial charge on any atom is 0.410 e. The van der Waals surface area contributed by atoms with Crippen molar-refractivity contribution in [1.82, 2.24) is 34.0 Å². The number of nitrogens with one attached hydrogen (secondary N) is 2. The maximum atomic E-state index is 14.2. The minimum atomic E-state index is -0.544. The summed E-state index contributed by atoms with van der Waals surface area (Å²) < 4.78 is 28.5. The molecule has 0 spiro atoms. The van der Waals surface area contributed by atoms with Crippen molar-refractivity contribution < 1.29 is 18.7 Å². The number of anilines is 1. The van der Waals surface area contributed by atoms with E-state index in [0.29, 0.717) is 87.2 Å². The molecule has 2 aliphatic heterocycles. The van der Waals surface area contributed by atoms with Gasteiger partial charge in [0.1, 0.15) is 23.3 Å². The Kier molecular flexibility index (Phi) is 6.40. The van der Waals surface area contributed by atoms with Gasteiger partial charge in [0.15, 0.2) is 11.5 Å². The number of imidazole rings is 2. The predicted octanol–water partition coefficient (Wildman–Crippen LogP) is 3.19. The Morgan fingerprint density at radius 1 is 1.23 bits per heavy atom. The van der Waals surface area contributed by atoms with E-state index in [0.717, 1.165) is 5.69 Å². The van der Waals surface area contributed by atoms with Crippen molar-refractivity contribution in [2.75, 3.05) is 38.2 Å². The minimum Gasteiger partial charge on any atom is -0.444 e. The highest BCUT2D eigenvalue weighted by Crippen LogP contribution is 2.29. The number of fused-ring (bicyclic) bond motifs is 2. The standard InChI is InChI=1S/C26H33FN8O4/c1-26(2,3)39-25(37)33-12-15(13-33)11-28-21-20-22(35(24(36)30-20)17-6-8-38-9-7-17)32-23(31-21)34-14-29-18-5-4-16(27)10-19(18)34/h10,14-15,17H,4-9,11-13H2,1-3H3,(H,30,36)(H,28,31,32). The largest absolute Gasteiger partial charge is 0.444 e. The highest BCUT2D eigenvalue weighted by atomic mass is 19.1. The first kappa shape index (κ1) is 25.5. The molecule has 1 aliphatic carbocycles. The van der Waals surface area contributed by atoms with Crippen LogP contribution in [-0.4, -0.2) is 78.5 Å². The van der Waals surface area contributed by atoms with Gasteiger partial charge in [-0.2, -0.15) is 9.97 Å². The van der Waals surface area contributed by atoms with E-state index in [1.807, 2.05) is 20.8 Å². The third kappa shape index (κ3) is 5.02. The van der Waals surface area contributed by atoms with Gasteiger partial charge in [-0.25, -0.2) is 19.0 Å². The Balaban J connectivity index is 1.31. The average molecular weight is 541 g/mol. The van der Waals surface area contributed by atoms with E-state index < -0.39 is 5.60 Å². The SMILES string of the molecule is CC(C)(C)OC(=O)N1CC(CNc2nc(-n3cnc4c3C=C(F)CC4)nc3c2[nH]c(=O)n3C2CCOCC2)C1. The van der Waals surface area contributed by atoms with E-state index in [-0.39, 0.29) is 29.6 Å². The van der Waals surface area contributed by atoms with E-state index in [2.05, 4.69) is 15.3 Å². The molecule has 0 aromatic carbocycles. The second-order valence-corrected chi connectivity index (χ2v) is 11.4. The Morgan fingerprint density at radius 2 is 2.00 bits per heavy atom. The van der Waals surface area contributed by atoms with Crippen molar-refractivity contribution in [1.29, 1.82) is 0 Å². The van der Waals surface area contributed by atoms with Crippen molar-refractivity contribution in [3.8, 4) is 5.95 Å². The van der Waals surface area contributed by atoms with Gasteiger partial charge in [0.2, 0.25) is 5.95 Å². The van der Waals surface area contributed by atoms with Gasteiger partial charge in [-0.05, 0) is 46.1 Å². The number of H-pyrrole nitrogens is 1. The predicted molar refractivity (Wildman–Crippen MR) is 142 cm³/mol. The number of hydrogen-bond donors (Lipinski definition) is 2. The van der Waals surface area contributed by atoms with Crippen LogP contribution in [0.4, 0.5) is 15.0 Å². The number of amides is 1. The molecule has 3 aromatic rings. The molecule has 0 bridgehead atoms. The number of likely N-dealkylation sites (tertiary alicyclic amines) is 1. The Morgan fingerprint density at radius 3 is 2.74 bits per heavy atom. The number of nitrogens with zero attached hydrogens (tertiary/aromatic N) is 6. The van der Waals surface area contributed by atoms with Gasteiger partial charge < -0.3 is 24.7 Å². The van der Waals surface area contributed by atoms with Crippen molar-refractivity contribution in [2.45, 2.75) is 58.1 Å². The average Bonchev–Trinajstić information content (AvgIpc) is 3.42. The van der Waals surface area contributed by atoms with Crippen LogP contribution in [0.5, 0.6) is 0 Å². The second-order valence-electron chi connectivity index (χ2n) is 11.4. The summed E-state index contributed by atoms with van der Waals surface area (Å²) in [7, 11) is 0. The molecular formula is C26H33FN8O4. The summed E-state index contributed by atoms with van der Waals surface area (Å²) in [5, 5.41) is 3.37. The number of ether oxygens (including phenoxy) is 2. The number of carbonyl (C=O) groups excluding carboxylic acids is 1. The lowest BCUT2D eigenvalue weighted by Gasteiger charge is -2.39. The summed E-state index contributed by atoms with van der Waals surface area (Å²) >= 11 is 0. The second kappa shape index (κ2) is 9.78. The summed E-state index contributed by atoms with van der Waals surface area (Å²) in [5.41, 5.74) is 1.57. The maximum absolute atomic E-state index is 14.2. The van der Waals surface area contributed by atoms with Crippen LogP contribution in [0.3, 0.4) is 0 Å². The summed E-state index contributed by atoms with van der Waals surface area (Å²) in [6, 6.07) is -0.0568. The van der Waals surface area contributed by atoms with Crippen LogP contribution in [0.25, 0.3) is 23.2 Å². The molecule has 12 nitrogen and oxygen atoms in total. The molecule has 0 unspecified atom stereocenters. The Bertz CT molecular complexity index is 1490. The molecule has 39 heavy (non-hydrogen) atoms. The van der Waals surface area contributed by atoms with E-state index in [9.17, 15) is 14.0 Å². The lowest BCUT2D eigenvalue weighted by molar-refractivity contribution is 0.000837. The van der Waals surface area contributed by atoms with Gasteiger partial charge in [0.05, 0.1) is 11.4 Å². The van der Waals surface area contributed by atoms with Crippen molar-refractivity contribution >= 4 is 29.2 Å². The molecular weight excluding hydrogens is 507 g/mol. The summed E-state index contributed by atoms with van der Waals surface area (Å²) in [6.07, 6.45) is 4.96. The zero-order valence-electron chi connectivity index (χ0n) is 22.4. The van der Waals surface area contributed by atoms with Crippen LogP contribution in [0.2, 0.25) is 0 Å². The third-order valence-corrected chi connectivity index (χ3v) is 7.27. The Hall–Kier alpha value is -3.74. The molecule has 1 amide bonds. The molecule has 0 radical (unpaired) electrons. The van der Waals surface area contributed by atoms with Gasteiger partial charge in [-0.1, -0.05) is 0 Å². The molecule has 6 rings (SSSR count). The number of carbonyl (C=O) groups is 1. The lowest BCUT2D eigenvalue weighted by Crippen LogP contribution is -2.53. The molecule has 0 atom stereocenters. The highest BCUT2D eigenvalue weighted by molar-refractivity contribution is 5.84. The molecule has 5 heterocycles. The van der Waals surface area contributed by atoms with Gasteiger partial charge in [0, 0.05) is 51.2 Å².